The van der Waals surface area contributed by atoms with E-state index in [0.717, 1.165) is 18.7 Å². The first-order valence-electron chi connectivity index (χ1n) is 4.97. The van der Waals surface area contributed by atoms with Crippen LogP contribution < -0.4 is 10.6 Å². The van der Waals surface area contributed by atoms with Crippen molar-refractivity contribution in [1.29, 1.82) is 0 Å². The average molecular weight is 230 g/mol. The summed E-state index contributed by atoms with van der Waals surface area (Å²) in [5, 5.41) is 5.68. The monoisotopic (exact) mass is 230 g/mol. The number of amides is 1. The van der Waals surface area contributed by atoms with Crippen LogP contribution in [0.5, 0.6) is 0 Å². The highest BCUT2D eigenvalue weighted by molar-refractivity contribution is 8.00. The second-order valence-electron chi connectivity index (χ2n) is 3.20. The summed E-state index contributed by atoms with van der Waals surface area (Å²) >= 11 is 1.46. The Balaban J connectivity index is 1.84. The summed E-state index contributed by atoms with van der Waals surface area (Å²) in [6, 6.07) is 0. The maximum Gasteiger partial charge on any atom is 0.409 e. The Morgan fingerprint density at radius 2 is 2.73 bits per heavy atom. The molecule has 2 heterocycles. The first kappa shape index (κ1) is 10.6. The second kappa shape index (κ2) is 4.76. The average Bonchev–Trinajstić information content (AvgIpc) is 2.59. The van der Waals surface area contributed by atoms with Crippen LogP contribution in [0.15, 0.2) is 11.8 Å². The maximum absolute atomic E-state index is 11.2. The molecule has 84 valence electrons. The van der Waals surface area contributed by atoms with Crippen molar-refractivity contribution in [3.05, 3.63) is 11.8 Å². The number of alkyl carbamates (subject to hydrolysis) is 1. The third-order valence-electron chi connectivity index (χ3n) is 2.07. The Morgan fingerprint density at radius 3 is 3.47 bits per heavy atom. The van der Waals surface area contributed by atoms with Gasteiger partial charge in [-0.3, -0.25) is 0 Å². The van der Waals surface area contributed by atoms with Crippen LogP contribution in [0.4, 0.5) is 4.79 Å². The molecule has 2 unspecified atom stereocenters. The lowest BCUT2D eigenvalue weighted by atomic mass is 10.3. The highest BCUT2D eigenvalue weighted by Crippen LogP contribution is 2.33. The van der Waals surface area contributed by atoms with E-state index in [-0.39, 0.29) is 11.0 Å². The predicted octanol–water partition coefficient (Wildman–Crippen LogP) is 0.983. The highest BCUT2D eigenvalue weighted by atomic mass is 32.2. The van der Waals surface area contributed by atoms with Gasteiger partial charge in [-0.05, 0) is 13.3 Å². The van der Waals surface area contributed by atoms with Gasteiger partial charge >= 0.3 is 6.09 Å². The Morgan fingerprint density at radius 1 is 1.87 bits per heavy atom. The van der Waals surface area contributed by atoms with Crippen molar-refractivity contribution >= 4 is 17.9 Å². The van der Waals surface area contributed by atoms with Crippen LogP contribution in [0.1, 0.15) is 13.3 Å². The zero-order valence-electron chi connectivity index (χ0n) is 8.49. The third kappa shape index (κ3) is 2.57. The van der Waals surface area contributed by atoms with Gasteiger partial charge in [-0.1, -0.05) is 17.8 Å². The number of rotatable bonds is 2. The molecule has 2 atom stereocenters. The lowest BCUT2D eigenvalue weighted by molar-refractivity contribution is 0.120. The van der Waals surface area contributed by atoms with Crippen molar-refractivity contribution in [2.75, 3.05) is 13.2 Å². The van der Waals surface area contributed by atoms with Crippen molar-refractivity contribution in [3.8, 4) is 0 Å². The fraction of sp³-hybridized carbons (Fsp3) is 0.667. The normalized spacial score (nSPS) is 28.7. The molecule has 2 aliphatic heterocycles. The molecule has 0 saturated carbocycles. The molecule has 1 fully saturated rings. The Kier molecular flexibility index (Phi) is 3.37. The summed E-state index contributed by atoms with van der Waals surface area (Å²) in [5.41, 5.74) is 0.671. The molecule has 15 heavy (non-hydrogen) atoms. The molecule has 5 nitrogen and oxygen atoms in total. The molecule has 0 spiro atoms. The van der Waals surface area contributed by atoms with E-state index in [4.69, 9.17) is 9.47 Å². The summed E-state index contributed by atoms with van der Waals surface area (Å²) in [4.78, 5) is 11.2. The van der Waals surface area contributed by atoms with Crippen LogP contribution in [0.2, 0.25) is 0 Å². The van der Waals surface area contributed by atoms with Gasteiger partial charge in [0.15, 0.2) is 0 Å². The van der Waals surface area contributed by atoms with Gasteiger partial charge in [0.2, 0.25) is 5.56 Å². The summed E-state index contributed by atoms with van der Waals surface area (Å²) in [7, 11) is 0. The number of carbonyl (C=O) groups excluding carboxylic acids is 1. The molecule has 2 rings (SSSR count). The van der Waals surface area contributed by atoms with E-state index in [1.54, 1.807) is 0 Å². The maximum atomic E-state index is 11.2. The first-order chi connectivity index (χ1) is 7.29. The van der Waals surface area contributed by atoms with Crippen molar-refractivity contribution in [3.63, 3.8) is 0 Å². The Labute approximate surface area is 92.6 Å². The number of carbonyl (C=O) groups is 1. The largest absolute Gasteiger partial charge is 0.416 e. The van der Waals surface area contributed by atoms with Crippen LogP contribution in [0, 0.1) is 0 Å². The van der Waals surface area contributed by atoms with Gasteiger partial charge < -0.3 is 20.1 Å². The number of nitrogens with one attached hydrogen (secondary N) is 2. The summed E-state index contributed by atoms with van der Waals surface area (Å²) in [5.74, 6) is 0. The van der Waals surface area contributed by atoms with E-state index in [1.807, 2.05) is 6.92 Å². The molecule has 0 aromatic heterocycles. The third-order valence-corrected chi connectivity index (χ3v) is 3.17. The number of ether oxygens (including phenoxy) is 2. The molecule has 6 heteroatoms. The number of fused-ring (bicyclic) bond motifs is 1. The Hall–Kier alpha value is -0.880. The molecule has 2 N–H and O–H groups in total. The van der Waals surface area contributed by atoms with Gasteiger partial charge in [0.1, 0.15) is 5.44 Å². The minimum absolute atomic E-state index is 0.00169. The molecule has 2 aliphatic rings. The van der Waals surface area contributed by atoms with Gasteiger partial charge in [0.25, 0.3) is 0 Å². The first-order valence-corrected chi connectivity index (χ1v) is 5.92. The van der Waals surface area contributed by atoms with Crippen LogP contribution in [-0.4, -0.2) is 30.2 Å². The quantitative estimate of drug-likeness (QED) is 0.740. The molecule has 0 aliphatic carbocycles. The number of hydrogen-bond donors (Lipinski definition) is 2. The van der Waals surface area contributed by atoms with Gasteiger partial charge in [-0.15, -0.1) is 0 Å². The van der Waals surface area contributed by atoms with Gasteiger partial charge in [0.05, 0.1) is 12.3 Å². The van der Waals surface area contributed by atoms with Crippen LogP contribution in [-0.2, 0) is 9.47 Å². The van der Waals surface area contributed by atoms with Crippen molar-refractivity contribution < 1.29 is 14.3 Å². The fourth-order valence-corrected chi connectivity index (χ4v) is 2.50. The molecule has 0 aromatic rings. The molecule has 0 radical (unpaired) electrons. The highest BCUT2D eigenvalue weighted by Gasteiger charge is 2.33. The van der Waals surface area contributed by atoms with E-state index in [0.29, 0.717) is 6.54 Å². The SMILES string of the molecule is CCNC(=O)OC1NC2=CCCOC2S1. The number of hydrogen-bond acceptors (Lipinski definition) is 5. The van der Waals surface area contributed by atoms with E-state index in [9.17, 15) is 4.79 Å². The molecular formula is C9H14N2O3S. The van der Waals surface area contributed by atoms with Crippen LogP contribution in [0.3, 0.4) is 0 Å². The summed E-state index contributed by atoms with van der Waals surface area (Å²) < 4.78 is 10.6. The van der Waals surface area contributed by atoms with Crippen molar-refractivity contribution in [2.45, 2.75) is 24.3 Å². The lowest BCUT2D eigenvalue weighted by Gasteiger charge is -2.15. The zero-order valence-corrected chi connectivity index (χ0v) is 9.30. The standard InChI is InChI=1S/C9H14N2O3S/c1-2-10-8(12)14-9-11-6-4-3-5-13-7(6)15-9/h4,7,9,11H,2-3,5H2,1H3,(H,10,12). The summed E-state index contributed by atoms with van der Waals surface area (Å²) in [6.45, 7) is 3.15. The topological polar surface area (TPSA) is 59.6 Å². The Bertz CT molecular complexity index is 283. The van der Waals surface area contributed by atoms with E-state index in [2.05, 4.69) is 16.7 Å². The zero-order chi connectivity index (χ0) is 10.7. The van der Waals surface area contributed by atoms with E-state index < -0.39 is 6.09 Å². The van der Waals surface area contributed by atoms with Gasteiger partial charge in [-0.25, -0.2) is 4.79 Å². The molecule has 1 saturated heterocycles. The van der Waals surface area contributed by atoms with Gasteiger partial charge in [-0.2, -0.15) is 0 Å². The molecule has 0 bridgehead atoms. The van der Waals surface area contributed by atoms with E-state index in [1.165, 1.54) is 11.8 Å². The van der Waals surface area contributed by atoms with Crippen LogP contribution >= 0.6 is 11.8 Å². The number of thioether (sulfide) groups is 1. The summed E-state index contributed by atoms with van der Waals surface area (Å²) in [6.07, 6.45) is 2.59. The molecule has 1 amide bonds. The molecular weight excluding hydrogens is 216 g/mol. The smallest absolute Gasteiger partial charge is 0.409 e. The molecule has 0 aromatic carbocycles. The minimum atomic E-state index is -0.401. The lowest BCUT2D eigenvalue weighted by Crippen LogP contribution is -2.32. The van der Waals surface area contributed by atoms with E-state index >= 15 is 0 Å². The van der Waals surface area contributed by atoms with Crippen molar-refractivity contribution in [2.24, 2.45) is 0 Å². The van der Waals surface area contributed by atoms with Crippen molar-refractivity contribution in [1.82, 2.24) is 10.6 Å². The second-order valence-corrected chi connectivity index (χ2v) is 4.33. The van der Waals surface area contributed by atoms with Crippen LogP contribution in [0.25, 0.3) is 0 Å². The van der Waals surface area contributed by atoms with Gasteiger partial charge in [0, 0.05) is 6.54 Å². The minimum Gasteiger partial charge on any atom is -0.416 e. The fourth-order valence-electron chi connectivity index (χ4n) is 1.44. The predicted molar refractivity (Wildman–Crippen MR) is 57.1 cm³/mol.